The number of aliphatic hydroxyl groups excluding tert-OH is 1. The topological polar surface area (TPSA) is 50.7 Å². The summed E-state index contributed by atoms with van der Waals surface area (Å²) in [6.07, 6.45) is -0.449. The van der Waals surface area contributed by atoms with Gasteiger partial charge in [-0.25, -0.2) is 0 Å². The molecule has 1 aromatic rings. The molecular formula is C11H15NO3. The Labute approximate surface area is 88.8 Å². The van der Waals surface area contributed by atoms with Gasteiger partial charge in [-0.05, 0) is 12.1 Å². The van der Waals surface area contributed by atoms with Crippen LogP contribution in [0.3, 0.4) is 0 Å². The zero-order valence-corrected chi connectivity index (χ0v) is 8.64. The van der Waals surface area contributed by atoms with Gasteiger partial charge in [0.1, 0.15) is 5.75 Å². The van der Waals surface area contributed by atoms with E-state index in [9.17, 15) is 5.11 Å². The SMILES string of the molecule is COc1ccccc1NC1COCC1O. The Balaban J connectivity index is 2.09. The maximum Gasteiger partial charge on any atom is 0.141 e. The maximum absolute atomic E-state index is 9.59. The lowest BCUT2D eigenvalue weighted by Crippen LogP contribution is -2.31. The lowest BCUT2D eigenvalue weighted by molar-refractivity contribution is 0.125. The van der Waals surface area contributed by atoms with Gasteiger partial charge in [0.05, 0.1) is 38.2 Å². The second kappa shape index (κ2) is 4.51. The molecule has 0 aliphatic carbocycles. The summed E-state index contributed by atoms with van der Waals surface area (Å²) in [5, 5.41) is 12.8. The van der Waals surface area contributed by atoms with Crippen LogP contribution in [0, 0.1) is 0 Å². The first kappa shape index (κ1) is 10.3. The molecule has 0 amide bonds. The first-order valence-corrected chi connectivity index (χ1v) is 4.96. The first-order valence-electron chi connectivity index (χ1n) is 4.96. The van der Waals surface area contributed by atoms with Crippen molar-refractivity contribution < 1.29 is 14.6 Å². The Morgan fingerprint density at radius 3 is 2.87 bits per heavy atom. The van der Waals surface area contributed by atoms with Gasteiger partial charge in [-0.1, -0.05) is 12.1 Å². The van der Waals surface area contributed by atoms with Crippen LogP contribution in [0.2, 0.25) is 0 Å². The van der Waals surface area contributed by atoms with Crippen LogP contribution in [0.15, 0.2) is 24.3 Å². The van der Waals surface area contributed by atoms with Gasteiger partial charge in [0.15, 0.2) is 0 Å². The van der Waals surface area contributed by atoms with Crippen molar-refractivity contribution in [2.24, 2.45) is 0 Å². The molecule has 0 radical (unpaired) electrons. The number of nitrogens with one attached hydrogen (secondary N) is 1. The summed E-state index contributed by atoms with van der Waals surface area (Å²) in [5.41, 5.74) is 0.884. The molecule has 1 aliphatic heterocycles. The summed E-state index contributed by atoms with van der Waals surface area (Å²) < 4.78 is 10.4. The Hall–Kier alpha value is -1.26. The molecule has 2 unspecified atom stereocenters. The normalized spacial score (nSPS) is 25.2. The van der Waals surface area contributed by atoms with Crippen LogP contribution in [0.4, 0.5) is 5.69 Å². The number of methoxy groups -OCH3 is 1. The van der Waals surface area contributed by atoms with Crippen LogP contribution in [0.25, 0.3) is 0 Å². The Morgan fingerprint density at radius 2 is 2.20 bits per heavy atom. The zero-order valence-electron chi connectivity index (χ0n) is 8.64. The molecule has 1 heterocycles. The molecule has 0 aromatic heterocycles. The van der Waals surface area contributed by atoms with Crippen LogP contribution in [-0.2, 0) is 4.74 Å². The van der Waals surface area contributed by atoms with Crippen molar-refractivity contribution in [2.45, 2.75) is 12.1 Å². The van der Waals surface area contributed by atoms with Gasteiger partial charge in [0.2, 0.25) is 0 Å². The molecule has 1 aliphatic rings. The van der Waals surface area contributed by atoms with Crippen LogP contribution < -0.4 is 10.1 Å². The molecule has 0 bridgehead atoms. The van der Waals surface area contributed by atoms with E-state index in [4.69, 9.17) is 9.47 Å². The summed E-state index contributed by atoms with van der Waals surface area (Å²) >= 11 is 0. The maximum atomic E-state index is 9.59. The van der Waals surface area contributed by atoms with E-state index in [1.165, 1.54) is 0 Å². The number of rotatable bonds is 3. The third-order valence-electron chi connectivity index (χ3n) is 2.50. The molecule has 4 heteroatoms. The van der Waals surface area contributed by atoms with Crippen LogP contribution in [0.5, 0.6) is 5.75 Å². The summed E-state index contributed by atoms with van der Waals surface area (Å²) in [5.74, 6) is 0.775. The zero-order chi connectivity index (χ0) is 10.7. The van der Waals surface area contributed by atoms with Crippen molar-refractivity contribution in [1.29, 1.82) is 0 Å². The van der Waals surface area contributed by atoms with Gasteiger partial charge in [-0.2, -0.15) is 0 Å². The first-order chi connectivity index (χ1) is 7.31. The standard InChI is InChI=1S/C11H15NO3/c1-14-11-5-3-2-4-8(11)12-9-6-15-7-10(9)13/h2-5,9-10,12-13H,6-7H2,1H3. The highest BCUT2D eigenvalue weighted by molar-refractivity contribution is 5.56. The molecule has 15 heavy (non-hydrogen) atoms. The molecule has 1 fully saturated rings. The smallest absolute Gasteiger partial charge is 0.141 e. The number of aliphatic hydroxyl groups is 1. The number of para-hydroxylation sites is 2. The lowest BCUT2D eigenvalue weighted by Gasteiger charge is -2.17. The second-order valence-corrected chi connectivity index (χ2v) is 3.56. The van der Waals surface area contributed by atoms with Crippen molar-refractivity contribution in [3.05, 3.63) is 24.3 Å². The van der Waals surface area contributed by atoms with E-state index in [2.05, 4.69) is 5.32 Å². The largest absolute Gasteiger partial charge is 0.495 e. The predicted molar refractivity (Wildman–Crippen MR) is 57.2 cm³/mol. The van der Waals surface area contributed by atoms with Crippen molar-refractivity contribution in [3.63, 3.8) is 0 Å². The van der Waals surface area contributed by atoms with E-state index in [1.807, 2.05) is 24.3 Å². The molecule has 2 atom stereocenters. The quantitative estimate of drug-likeness (QED) is 0.775. The average Bonchev–Trinajstić information content (AvgIpc) is 2.65. The van der Waals surface area contributed by atoms with Gasteiger partial charge in [-0.3, -0.25) is 0 Å². The fourth-order valence-corrected chi connectivity index (χ4v) is 1.64. The number of anilines is 1. The van der Waals surface area contributed by atoms with E-state index in [1.54, 1.807) is 7.11 Å². The van der Waals surface area contributed by atoms with E-state index >= 15 is 0 Å². The van der Waals surface area contributed by atoms with Gasteiger partial charge in [-0.15, -0.1) is 0 Å². The highest BCUT2D eigenvalue weighted by Gasteiger charge is 2.26. The van der Waals surface area contributed by atoms with E-state index < -0.39 is 6.10 Å². The molecule has 82 valence electrons. The molecule has 2 rings (SSSR count). The second-order valence-electron chi connectivity index (χ2n) is 3.56. The Bertz CT molecular complexity index is 329. The molecule has 0 spiro atoms. The fraction of sp³-hybridized carbons (Fsp3) is 0.455. The van der Waals surface area contributed by atoms with Crippen molar-refractivity contribution >= 4 is 5.69 Å². The molecule has 4 nitrogen and oxygen atoms in total. The third-order valence-corrected chi connectivity index (χ3v) is 2.50. The van der Waals surface area contributed by atoms with Crippen LogP contribution in [-0.4, -0.2) is 37.6 Å². The number of ether oxygens (including phenoxy) is 2. The van der Waals surface area contributed by atoms with Crippen LogP contribution in [0.1, 0.15) is 0 Å². The van der Waals surface area contributed by atoms with E-state index in [0.717, 1.165) is 11.4 Å². The molecule has 0 saturated carbocycles. The molecule has 1 aromatic carbocycles. The Kier molecular flexibility index (Phi) is 3.08. The van der Waals surface area contributed by atoms with Gasteiger partial charge < -0.3 is 19.9 Å². The average molecular weight is 209 g/mol. The minimum atomic E-state index is -0.449. The molecule has 1 saturated heterocycles. The Morgan fingerprint density at radius 1 is 1.40 bits per heavy atom. The highest BCUT2D eigenvalue weighted by atomic mass is 16.5. The summed E-state index contributed by atoms with van der Waals surface area (Å²) in [6.45, 7) is 0.923. The van der Waals surface area contributed by atoms with Crippen LogP contribution >= 0.6 is 0 Å². The van der Waals surface area contributed by atoms with Gasteiger partial charge in [0, 0.05) is 0 Å². The van der Waals surface area contributed by atoms with Crippen molar-refractivity contribution in [1.82, 2.24) is 0 Å². The monoisotopic (exact) mass is 209 g/mol. The summed E-state index contributed by atoms with van der Waals surface area (Å²) in [7, 11) is 1.63. The number of hydrogen-bond donors (Lipinski definition) is 2. The molecular weight excluding hydrogens is 194 g/mol. The summed E-state index contributed by atoms with van der Waals surface area (Å²) in [6, 6.07) is 7.58. The van der Waals surface area contributed by atoms with Crippen molar-refractivity contribution in [3.8, 4) is 5.75 Å². The number of benzene rings is 1. The fourth-order valence-electron chi connectivity index (χ4n) is 1.64. The van der Waals surface area contributed by atoms with E-state index in [-0.39, 0.29) is 6.04 Å². The number of hydrogen-bond acceptors (Lipinski definition) is 4. The minimum Gasteiger partial charge on any atom is -0.495 e. The minimum absolute atomic E-state index is 0.0544. The van der Waals surface area contributed by atoms with Crippen molar-refractivity contribution in [2.75, 3.05) is 25.6 Å². The summed E-state index contributed by atoms with van der Waals surface area (Å²) in [4.78, 5) is 0. The van der Waals surface area contributed by atoms with E-state index in [0.29, 0.717) is 13.2 Å². The predicted octanol–water partition coefficient (Wildman–Crippen LogP) is 0.867. The van der Waals surface area contributed by atoms with Gasteiger partial charge in [0.25, 0.3) is 0 Å². The highest BCUT2D eigenvalue weighted by Crippen LogP contribution is 2.25. The lowest BCUT2D eigenvalue weighted by atomic mass is 10.2. The molecule has 2 N–H and O–H groups in total. The van der Waals surface area contributed by atoms with Gasteiger partial charge >= 0.3 is 0 Å². The third kappa shape index (κ3) is 2.22.